The summed E-state index contributed by atoms with van der Waals surface area (Å²) in [6.45, 7) is 3.21. The van der Waals surface area contributed by atoms with Crippen molar-refractivity contribution in [2.45, 2.75) is 57.1 Å². The molecular formula is C16H26OSi. The van der Waals surface area contributed by atoms with Gasteiger partial charge in [-0.25, -0.2) is 0 Å². The summed E-state index contributed by atoms with van der Waals surface area (Å²) < 4.78 is 6.05. The van der Waals surface area contributed by atoms with Gasteiger partial charge in [-0.1, -0.05) is 44.0 Å². The van der Waals surface area contributed by atoms with Crippen molar-refractivity contribution in [1.82, 2.24) is 0 Å². The average Bonchev–Trinajstić information content (AvgIpc) is 2.41. The largest absolute Gasteiger partial charge is 0.375 e. The van der Waals surface area contributed by atoms with E-state index in [4.69, 9.17) is 4.74 Å². The smallest absolute Gasteiger partial charge is 0.0723 e. The zero-order valence-corrected chi connectivity index (χ0v) is 13.9. The van der Waals surface area contributed by atoms with Gasteiger partial charge in [0, 0.05) is 16.8 Å². The average molecular weight is 262 g/mol. The Bertz CT molecular complexity index is 352. The maximum atomic E-state index is 6.05. The number of aryl methyl sites for hydroxylation is 1. The van der Waals surface area contributed by atoms with Gasteiger partial charge in [0.1, 0.15) is 0 Å². The normalized spacial score (nSPS) is 24.3. The van der Waals surface area contributed by atoms with Crippen LogP contribution in [0.2, 0.25) is 0 Å². The molecule has 0 bridgehead atoms. The molecule has 0 N–H and O–H groups in total. The lowest BCUT2D eigenvalue weighted by atomic mass is 9.98. The molecule has 1 nitrogen and oxygen atoms in total. The molecule has 0 saturated carbocycles. The first-order valence-corrected chi connectivity index (χ1v) is 8.48. The molecule has 100 valence electrons. The number of unbranched alkanes of at least 4 members (excludes halogenated alkanes) is 2. The maximum Gasteiger partial charge on any atom is 0.0723 e. The summed E-state index contributed by atoms with van der Waals surface area (Å²) in [4.78, 5) is 0. The molecule has 1 fully saturated rings. The highest BCUT2D eigenvalue weighted by molar-refractivity contribution is 6.14. The molecule has 0 aliphatic carbocycles. The lowest BCUT2D eigenvalue weighted by molar-refractivity contribution is -0.0210. The second-order valence-corrected chi connectivity index (χ2v) is 7.31. The van der Waals surface area contributed by atoms with Gasteiger partial charge in [0.25, 0.3) is 0 Å². The van der Waals surface area contributed by atoms with Crippen molar-refractivity contribution >= 4 is 10.2 Å². The summed E-state index contributed by atoms with van der Waals surface area (Å²) in [5.41, 5.74) is 2.89. The first kappa shape index (κ1) is 13.8. The summed E-state index contributed by atoms with van der Waals surface area (Å²) in [6.07, 6.45) is 8.96. The molecule has 1 saturated heterocycles. The standard InChI is InChI=1S/C16H26OSi/c1-2-3-4-7-14-8-10-15(11-9-14)16(18)12-5-6-13-17-16/h8-11H,2-7,12-13H2,1,18H3. The highest BCUT2D eigenvalue weighted by Crippen LogP contribution is 2.32. The Labute approximate surface area is 114 Å². The van der Waals surface area contributed by atoms with Crippen LogP contribution in [-0.2, 0) is 16.4 Å². The highest BCUT2D eigenvalue weighted by atomic mass is 28.1. The van der Waals surface area contributed by atoms with Crippen molar-refractivity contribution < 1.29 is 4.74 Å². The second kappa shape index (κ2) is 6.53. The summed E-state index contributed by atoms with van der Waals surface area (Å²) in [7, 11) is 1.10. The second-order valence-electron chi connectivity index (χ2n) is 5.69. The van der Waals surface area contributed by atoms with E-state index in [-0.39, 0.29) is 5.22 Å². The van der Waals surface area contributed by atoms with Gasteiger partial charge in [0.15, 0.2) is 0 Å². The topological polar surface area (TPSA) is 9.23 Å². The lowest BCUT2D eigenvalue weighted by Gasteiger charge is -2.34. The Balaban J connectivity index is 1.98. The van der Waals surface area contributed by atoms with E-state index < -0.39 is 0 Å². The molecule has 1 aromatic rings. The van der Waals surface area contributed by atoms with Gasteiger partial charge in [-0.2, -0.15) is 0 Å². The van der Waals surface area contributed by atoms with E-state index in [1.807, 2.05) is 0 Å². The molecule has 0 radical (unpaired) electrons. The van der Waals surface area contributed by atoms with Gasteiger partial charge in [-0.3, -0.25) is 0 Å². The van der Waals surface area contributed by atoms with E-state index in [0.29, 0.717) is 0 Å². The predicted molar refractivity (Wildman–Crippen MR) is 81.1 cm³/mol. The van der Waals surface area contributed by atoms with Crippen molar-refractivity contribution in [2.75, 3.05) is 6.61 Å². The van der Waals surface area contributed by atoms with Crippen LogP contribution in [0.1, 0.15) is 56.6 Å². The summed E-state index contributed by atoms with van der Waals surface area (Å²) in [5, 5.41) is 0.0974. The first-order chi connectivity index (χ1) is 8.74. The van der Waals surface area contributed by atoms with E-state index in [0.717, 1.165) is 16.8 Å². The van der Waals surface area contributed by atoms with Crippen LogP contribution < -0.4 is 0 Å². The van der Waals surface area contributed by atoms with Gasteiger partial charge in [0.05, 0.1) is 5.22 Å². The minimum absolute atomic E-state index is 0.0974. The van der Waals surface area contributed by atoms with Gasteiger partial charge < -0.3 is 4.74 Å². The van der Waals surface area contributed by atoms with Gasteiger partial charge in [-0.05, 0) is 43.2 Å². The van der Waals surface area contributed by atoms with Crippen molar-refractivity contribution in [2.24, 2.45) is 0 Å². The van der Waals surface area contributed by atoms with Crippen molar-refractivity contribution in [1.29, 1.82) is 0 Å². The van der Waals surface area contributed by atoms with E-state index >= 15 is 0 Å². The Kier molecular flexibility index (Phi) is 5.01. The van der Waals surface area contributed by atoms with Crippen LogP contribution in [0.4, 0.5) is 0 Å². The van der Waals surface area contributed by atoms with Gasteiger partial charge in [0.2, 0.25) is 0 Å². The summed E-state index contributed by atoms with van der Waals surface area (Å²) in [6, 6.07) is 9.23. The fourth-order valence-electron chi connectivity index (χ4n) is 2.76. The van der Waals surface area contributed by atoms with Crippen LogP contribution in [-0.4, -0.2) is 16.8 Å². The SMILES string of the molecule is CCCCCc1ccc(C2([SiH3])CCCCO2)cc1. The molecule has 1 aliphatic heterocycles. The Morgan fingerprint density at radius 2 is 1.94 bits per heavy atom. The minimum Gasteiger partial charge on any atom is -0.375 e. The fourth-order valence-corrected chi connectivity index (χ4v) is 3.66. The molecule has 1 atom stereocenters. The molecule has 0 spiro atoms. The minimum atomic E-state index is 0.0974. The molecule has 1 heterocycles. The van der Waals surface area contributed by atoms with Crippen LogP contribution in [0.3, 0.4) is 0 Å². The van der Waals surface area contributed by atoms with Crippen LogP contribution in [0.25, 0.3) is 0 Å². The van der Waals surface area contributed by atoms with Crippen molar-refractivity contribution in [3.05, 3.63) is 35.4 Å². The first-order valence-electron chi connectivity index (χ1n) is 7.48. The quantitative estimate of drug-likeness (QED) is 0.585. The zero-order valence-electron chi connectivity index (χ0n) is 11.9. The molecule has 0 amide bonds. The van der Waals surface area contributed by atoms with Crippen molar-refractivity contribution in [3.8, 4) is 0 Å². The molecule has 1 aromatic carbocycles. The molecule has 0 aromatic heterocycles. The fraction of sp³-hybridized carbons (Fsp3) is 0.625. The van der Waals surface area contributed by atoms with Crippen molar-refractivity contribution in [3.63, 3.8) is 0 Å². The summed E-state index contributed by atoms with van der Waals surface area (Å²) in [5.74, 6) is 0. The van der Waals surface area contributed by atoms with E-state index in [1.54, 1.807) is 0 Å². The predicted octanol–water partition coefficient (Wildman–Crippen LogP) is 3.14. The van der Waals surface area contributed by atoms with E-state index in [2.05, 4.69) is 31.2 Å². The number of rotatable bonds is 5. The molecule has 1 unspecified atom stereocenters. The Hall–Kier alpha value is -0.603. The van der Waals surface area contributed by atoms with E-state index in [9.17, 15) is 0 Å². The third kappa shape index (κ3) is 3.45. The van der Waals surface area contributed by atoms with Crippen LogP contribution >= 0.6 is 0 Å². The van der Waals surface area contributed by atoms with E-state index in [1.165, 1.54) is 56.1 Å². The Morgan fingerprint density at radius 3 is 2.56 bits per heavy atom. The third-order valence-electron chi connectivity index (χ3n) is 4.10. The zero-order chi connectivity index (χ0) is 12.8. The number of hydrogen-bond donors (Lipinski definition) is 0. The van der Waals surface area contributed by atoms with Gasteiger partial charge in [-0.15, -0.1) is 0 Å². The summed E-state index contributed by atoms with van der Waals surface area (Å²) >= 11 is 0. The number of ether oxygens (including phenoxy) is 1. The van der Waals surface area contributed by atoms with Crippen LogP contribution in [0, 0.1) is 0 Å². The maximum absolute atomic E-state index is 6.05. The molecule has 2 rings (SSSR count). The molecule has 1 aliphatic rings. The molecular weight excluding hydrogens is 236 g/mol. The number of hydrogen-bond acceptors (Lipinski definition) is 1. The van der Waals surface area contributed by atoms with Crippen LogP contribution in [0.5, 0.6) is 0 Å². The van der Waals surface area contributed by atoms with Gasteiger partial charge >= 0.3 is 0 Å². The molecule has 2 heteroatoms. The lowest BCUT2D eigenvalue weighted by Crippen LogP contribution is -2.33. The number of benzene rings is 1. The molecule has 18 heavy (non-hydrogen) atoms. The monoisotopic (exact) mass is 262 g/mol. The van der Waals surface area contributed by atoms with Crippen LogP contribution in [0.15, 0.2) is 24.3 Å². The highest BCUT2D eigenvalue weighted by Gasteiger charge is 2.29. The Morgan fingerprint density at radius 1 is 1.17 bits per heavy atom. The third-order valence-corrected chi connectivity index (χ3v) is 5.47.